The fourth-order valence-electron chi connectivity index (χ4n) is 2.31. The summed E-state index contributed by atoms with van der Waals surface area (Å²) in [6.45, 7) is 1.42. The maximum absolute atomic E-state index is 12.2. The molecule has 0 unspecified atom stereocenters. The minimum absolute atomic E-state index is 0.176. The minimum atomic E-state index is -0.177. The summed E-state index contributed by atoms with van der Waals surface area (Å²) in [7, 11) is 0. The van der Waals surface area contributed by atoms with E-state index >= 15 is 0 Å². The van der Waals surface area contributed by atoms with Gasteiger partial charge in [0.25, 0.3) is 5.91 Å². The molecule has 0 spiro atoms. The summed E-state index contributed by atoms with van der Waals surface area (Å²) in [5, 5.41) is 6.02. The number of benzene rings is 1. The Hall–Kier alpha value is -1.55. The fraction of sp³-hybridized carbons (Fsp3) is 0.429. The number of nitrogens with one attached hydrogen (secondary N) is 2. The molecule has 2 amide bonds. The molecule has 102 valence electrons. The molecule has 0 aromatic heterocycles. The van der Waals surface area contributed by atoms with E-state index in [0.29, 0.717) is 16.3 Å². The lowest BCUT2D eigenvalue weighted by atomic mass is 10.1. The highest BCUT2D eigenvalue weighted by Gasteiger charge is 2.19. The SMILES string of the molecule is CC(=O)Nc1ccc(Cl)c(C(=O)NC2CCCC2)c1. The maximum Gasteiger partial charge on any atom is 0.253 e. The van der Waals surface area contributed by atoms with Gasteiger partial charge < -0.3 is 10.6 Å². The average molecular weight is 281 g/mol. The summed E-state index contributed by atoms with van der Waals surface area (Å²) in [6.07, 6.45) is 4.36. The van der Waals surface area contributed by atoms with Gasteiger partial charge in [-0.1, -0.05) is 24.4 Å². The average Bonchev–Trinajstić information content (AvgIpc) is 2.83. The molecule has 4 nitrogen and oxygen atoms in total. The number of hydrogen-bond acceptors (Lipinski definition) is 2. The third-order valence-corrected chi connectivity index (χ3v) is 3.55. The third-order valence-electron chi connectivity index (χ3n) is 3.22. The summed E-state index contributed by atoms with van der Waals surface area (Å²) in [5.41, 5.74) is 0.980. The van der Waals surface area contributed by atoms with Crippen LogP contribution in [0.4, 0.5) is 5.69 Å². The molecule has 0 atom stereocenters. The van der Waals surface area contributed by atoms with Crippen molar-refractivity contribution in [1.82, 2.24) is 5.32 Å². The van der Waals surface area contributed by atoms with Crippen molar-refractivity contribution in [3.05, 3.63) is 28.8 Å². The van der Waals surface area contributed by atoms with Crippen LogP contribution in [0.15, 0.2) is 18.2 Å². The highest BCUT2D eigenvalue weighted by Crippen LogP contribution is 2.23. The first-order chi connectivity index (χ1) is 9.06. The van der Waals surface area contributed by atoms with Crippen molar-refractivity contribution >= 4 is 29.1 Å². The van der Waals surface area contributed by atoms with E-state index in [1.165, 1.54) is 6.92 Å². The van der Waals surface area contributed by atoms with Gasteiger partial charge in [0.2, 0.25) is 5.91 Å². The minimum Gasteiger partial charge on any atom is -0.349 e. The first-order valence-corrected chi connectivity index (χ1v) is 6.82. The number of carbonyl (C=O) groups is 2. The van der Waals surface area contributed by atoms with E-state index in [0.717, 1.165) is 25.7 Å². The highest BCUT2D eigenvalue weighted by molar-refractivity contribution is 6.34. The largest absolute Gasteiger partial charge is 0.349 e. The molecule has 19 heavy (non-hydrogen) atoms. The molecule has 1 aliphatic carbocycles. The Morgan fingerprint density at radius 2 is 1.95 bits per heavy atom. The predicted molar refractivity (Wildman–Crippen MR) is 75.5 cm³/mol. The lowest BCUT2D eigenvalue weighted by molar-refractivity contribution is -0.114. The van der Waals surface area contributed by atoms with Crippen LogP contribution in [0.3, 0.4) is 0 Å². The van der Waals surface area contributed by atoms with Gasteiger partial charge in [0.05, 0.1) is 10.6 Å². The maximum atomic E-state index is 12.2. The Morgan fingerprint density at radius 3 is 2.58 bits per heavy atom. The van der Waals surface area contributed by atoms with E-state index in [2.05, 4.69) is 10.6 Å². The Morgan fingerprint density at radius 1 is 1.26 bits per heavy atom. The number of hydrogen-bond donors (Lipinski definition) is 2. The van der Waals surface area contributed by atoms with Crippen molar-refractivity contribution in [2.24, 2.45) is 0 Å². The van der Waals surface area contributed by atoms with Crippen LogP contribution in [0.25, 0.3) is 0 Å². The summed E-state index contributed by atoms with van der Waals surface area (Å²) in [5.74, 6) is -0.353. The third kappa shape index (κ3) is 3.70. The van der Waals surface area contributed by atoms with Crippen LogP contribution < -0.4 is 10.6 Å². The van der Waals surface area contributed by atoms with Gasteiger partial charge in [-0.15, -0.1) is 0 Å². The Bertz CT molecular complexity index is 496. The molecule has 2 rings (SSSR count). The number of amides is 2. The summed E-state index contributed by atoms with van der Waals surface area (Å²) in [6, 6.07) is 5.15. The summed E-state index contributed by atoms with van der Waals surface area (Å²) >= 11 is 6.04. The van der Waals surface area contributed by atoms with Crippen LogP contribution in [-0.2, 0) is 4.79 Å². The second-order valence-electron chi connectivity index (χ2n) is 4.83. The zero-order valence-electron chi connectivity index (χ0n) is 10.8. The fourth-order valence-corrected chi connectivity index (χ4v) is 2.52. The lowest BCUT2D eigenvalue weighted by Gasteiger charge is -2.13. The van der Waals surface area contributed by atoms with Crippen molar-refractivity contribution in [2.75, 3.05) is 5.32 Å². The van der Waals surface area contributed by atoms with E-state index in [9.17, 15) is 9.59 Å². The first kappa shape index (κ1) is 13.9. The molecule has 0 saturated heterocycles. The van der Waals surface area contributed by atoms with Crippen molar-refractivity contribution < 1.29 is 9.59 Å². The smallest absolute Gasteiger partial charge is 0.253 e. The second kappa shape index (κ2) is 6.06. The normalized spacial score (nSPS) is 15.3. The summed E-state index contributed by atoms with van der Waals surface area (Å²) in [4.78, 5) is 23.2. The lowest BCUT2D eigenvalue weighted by Crippen LogP contribution is -2.32. The van der Waals surface area contributed by atoms with E-state index < -0.39 is 0 Å². The van der Waals surface area contributed by atoms with Crippen LogP contribution in [0, 0.1) is 0 Å². The zero-order chi connectivity index (χ0) is 13.8. The highest BCUT2D eigenvalue weighted by atomic mass is 35.5. The topological polar surface area (TPSA) is 58.2 Å². The van der Waals surface area contributed by atoms with E-state index in [1.807, 2.05) is 0 Å². The predicted octanol–water partition coefficient (Wildman–Crippen LogP) is 2.97. The Balaban J connectivity index is 2.12. The molecule has 5 heteroatoms. The van der Waals surface area contributed by atoms with E-state index in [4.69, 9.17) is 11.6 Å². The first-order valence-electron chi connectivity index (χ1n) is 6.44. The van der Waals surface area contributed by atoms with Crippen LogP contribution in [0.2, 0.25) is 5.02 Å². The van der Waals surface area contributed by atoms with Gasteiger partial charge in [-0.2, -0.15) is 0 Å². The molecule has 0 heterocycles. The molecule has 1 aliphatic rings. The number of rotatable bonds is 3. The summed E-state index contributed by atoms with van der Waals surface area (Å²) < 4.78 is 0. The second-order valence-corrected chi connectivity index (χ2v) is 5.24. The molecule has 1 fully saturated rings. The van der Waals surface area contributed by atoms with Crippen LogP contribution >= 0.6 is 11.6 Å². The standard InChI is InChI=1S/C14H17ClN2O2/c1-9(18)16-11-6-7-13(15)12(8-11)14(19)17-10-4-2-3-5-10/h6-8,10H,2-5H2,1H3,(H,16,18)(H,17,19). The Labute approximate surface area is 117 Å². The van der Waals surface area contributed by atoms with Gasteiger partial charge in [0.15, 0.2) is 0 Å². The van der Waals surface area contributed by atoms with Crippen LogP contribution in [0.1, 0.15) is 43.0 Å². The van der Waals surface area contributed by atoms with E-state index in [1.54, 1.807) is 18.2 Å². The van der Waals surface area contributed by atoms with E-state index in [-0.39, 0.29) is 17.9 Å². The van der Waals surface area contributed by atoms with Gasteiger partial charge in [0.1, 0.15) is 0 Å². The molecule has 1 saturated carbocycles. The number of anilines is 1. The molecule has 1 aromatic rings. The Kier molecular flexibility index (Phi) is 4.43. The van der Waals surface area contributed by atoms with Gasteiger partial charge in [-0.3, -0.25) is 9.59 Å². The van der Waals surface area contributed by atoms with Gasteiger partial charge >= 0.3 is 0 Å². The molecule has 2 N–H and O–H groups in total. The van der Waals surface area contributed by atoms with Crippen molar-refractivity contribution in [1.29, 1.82) is 0 Å². The van der Waals surface area contributed by atoms with Crippen LogP contribution in [-0.4, -0.2) is 17.9 Å². The molecular weight excluding hydrogens is 264 g/mol. The monoisotopic (exact) mass is 280 g/mol. The quantitative estimate of drug-likeness (QED) is 0.894. The molecule has 0 bridgehead atoms. The van der Waals surface area contributed by atoms with Gasteiger partial charge in [-0.25, -0.2) is 0 Å². The van der Waals surface area contributed by atoms with Crippen LogP contribution in [0.5, 0.6) is 0 Å². The number of halogens is 1. The van der Waals surface area contributed by atoms with Crippen molar-refractivity contribution in [3.63, 3.8) is 0 Å². The van der Waals surface area contributed by atoms with Crippen molar-refractivity contribution in [2.45, 2.75) is 38.6 Å². The molecule has 0 aliphatic heterocycles. The van der Waals surface area contributed by atoms with Gasteiger partial charge in [-0.05, 0) is 31.0 Å². The molecule has 0 radical (unpaired) electrons. The van der Waals surface area contributed by atoms with Gasteiger partial charge in [0, 0.05) is 18.7 Å². The number of carbonyl (C=O) groups excluding carboxylic acids is 2. The zero-order valence-corrected chi connectivity index (χ0v) is 11.6. The molecule has 1 aromatic carbocycles. The molecular formula is C14H17ClN2O2. The van der Waals surface area contributed by atoms with Crippen molar-refractivity contribution in [3.8, 4) is 0 Å².